The fourth-order valence-electron chi connectivity index (χ4n) is 3.56. The number of carbonyl (C=O) groups is 1. The van der Waals surface area contributed by atoms with E-state index in [9.17, 15) is 26.4 Å². The van der Waals surface area contributed by atoms with Gasteiger partial charge in [0.2, 0.25) is 0 Å². The van der Waals surface area contributed by atoms with Gasteiger partial charge in [0.05, 0.1) is 10.5 Å². The van der Waals surface area contributed by atoms with Crippen molar-refractivity contribution in [3.8, 4) is 0 Å². The molecule has 2 heterocycles. The van der Waals surface area contributed by atoms with Crippen LogP contribution in [0.25, 0.3) is 0 Å². The van der Waals surface area contributed by atoms with Crippen molar-refractivity contribution in [1.82, 2.24) is 0 Å². The van der Waals surface area contributed by atoms with Crippen LogP contribution in [-0.4, -0.2) is 24.7 Å². The number of carbonyl (C=O) groups excluding carboxylic acids is 1. The number of halogens is 3. The summed E-state index contributed by atoms with van der Waals surface area (Å²) in [7, 11) is -3.20. The molecule has 0 amide bonds. The number of Topliss-reactive ketones (excluding diaryl/α,β-unsaturated/α-hetero) is 1. The van der Waals surface area contributed by atoms with Gasteiger partial charge in [-0.15, -0.1) is 0 Å². The highest BCUT2D eigenvalue weighted by Crippen LogP contribution is 2.40. The molecule has 1 aromatic rings. The summed E-state index contributed by atoms with van der Waals surface area (Å²) >= 11 is 0. The Bertz CT molecular complexity index is 687. The SMILES string of the molecule is O=C(c1cc(F)c(F)c(F)c1)C1CC2CCCC(C1)S2(=O)=O. The Morgan fingerprint density at radius 2 is 1.50 bits per heavy atom. The molecule has 0 radical (unpaired) electrons. The second-order valence-corrected chi connectivity index (χ2v) is 8.56. The van der Waals surface area contributed by atoms with E-state index in [1.54, 1.807) is 0 Å². The number of ketones is 1. The van der Waals surface area contributed by atoms with Gasteiger partial charge in [-0.2, -0.15) is 0 Å². The molecule has 1 aromatic carbocycles. The Balaban J connectivity index is 1.88. The maximum absolute atomic E-state index is 13.3. The Morgan fingerprint density at radius 3 is 2.00 bits per heavy atom. The number of hydrogen-bond donors (Lipinski definition) is 0. The van der Waals surface area contributed by atoms with Crippen molar-refractivity contribution in [2.45, 2.75) is 42.6 Å². The fourth-order valence-corrected chi connectivity index (χ4v) is 6.09. The first-order valence-electron chi connectivity index (χ1n) is 7.22. The molecule has 0 aliphatic carbocycles. The van der Waals surface area contributed by atoms with Crippen LogP contribution < -0.4 is 0 Å². The van der Waals surface area contributed by atoms with Crippen LogP contribution in [0.3, 0.4) is 0 Å². The molecule has 0 spiro atoms. The molecule has 0 saturated carbocycles. The first-order chi connectivity index (χ1) is 10.3. The van der Waals surface area contributed by atoms with Crippen molar-refractivity contribution in [3.05, 3.63) is 35.1 Å². The van der Waals surface area contributed by atoms with Gasteiger partial charge in [-0.3, -0.25) is 4.79 Å². The lowest BCUT2D eigenvalue weighted by Gasteiger charge is -2.38. The molecule has 2 bridgehead atoms. The van der Waals surface area contributed by atoms with E-state index in [-0.39, 0.29) is 18.4 Å². The van der Waals surface area contributed by atoms with Gasteiger partial charge >= 0.3 is 0 Å². The van der Waals surface area contributed by atoms with Crippen LogP contribution in [0.4, 0.5) is 13.2 Å². The largest absolute Gasteiger partial charge is 0.294 e. The molecule has 2 saturated heterocycles. The number of sulfone groups is 1. The fraction of sp³-hybridized carbons (Fsp3) is 0.533. The third-order valence-electron chi connectivity index (χ3n) is 4.72. The minimum Gasteiger partial charge on any atom is -0.294 e. The molecule has 2 atom stereocenters. The second kappa shape index (κ2) is 5.37. The Kier molecular flexibility index (Phi) is 3.79. The monoisotopic (exact) mass is 332 g/mol. The van der Waals surface area contributed by atoms with Crippen molar-refractivity contribution in [2.24, 2.45) is 5.92 Å². The summed E-state index contributed by atoms with van der Waals surface area (Å²) in [6.07, 6.45) is 2.22. The third-order valence-corrected chi connectivity index (χ3v) is 7.43. The number of hydrogen-bond acceptors (Lipinski definition) is 3. The third kappa shape index (κ3) is 2.45. The van der Waals surface area contributed by atoms with Gasteiger partial charge < -0.3 is 0 Å². The van der Waals surface area contributed by atoms with Crippen LogP contribution in [0, 0.1) is 23.4 Å². The topological polar surface area (TPSA) is 51.2 Å². The van der Waals surface area contributed by atoms with Crippen molar-refractivity contribution < 1.29 is 26.4 Å². The maximum Gasteiger partial charge on any atom is 0.194 e. The van der Waals surface area contributed by atoms with Crippen LogP contribution in [0.15, 0.2) is 12.1 Å². The zero-order valence-corrected chi connectivity index (χ0v) is 12.5. The Labute approximate surface area is 126 Å². The van der Waals surface area contributed by atoms with Crippen LogP contribution in [0.2, 0.25) is 0 Å². The Hall–Kier alpha value is -1.37. The number of benzene rings is 1. The van der Waals surface area contributed by atoms with E-state index in [1.165, 1.54) is 0 Å². The maximum atomic E-state index is 13.3. The van der Waals surface area contributed by atoms with Gasteiger partial charge in [0, 0.05) is 11.5 Å². The van der Waals surface area contributed by atoms with Crippen LogP contribution in [0.1, 0.15) is 42.5 Å². The average Bonchev–Trinajstić information content (AvgIpc) is 2.42. The highest BCUT2D eigenvalue weighted by Gasteiger charge is 2.46. The highest BCUT2D eigenvalue weighted by molar-refractivity contribution is 7.92. The minimum absolute atomic E-state index is 0.179. The zero-order chi connectivity index (χ0) is 16.1. The summed E-state index contributed by atoms with van der Waals surface area (Å²) in [5.41, 5.74) is -0.237. The van der Waals surface area contributed by atoms with Crippen LogP contribution in [0.5, 0.6) is 0 Å². The van der Waals surface area contributed by atoms with Crippen molar-refractivity contribution in [2.75, 3.05) is 0 Å². The molecule has 3 nitrogen and oxygen atoms in total. The molecule has 0 N–H and O–H groups in total. The summed E-state index contributed by atoms with van der Waals surface area (Å²) in [6.45, 7) is 0. The predicted molar refractivity (Wildman–Crippen MR) is 73.7 cm³/mol. The molecule has 22 heavy (non-hydrogen) atoms. The summed E-state index contributed by atoms with van der Waals surface area (Å²) in [4.78, 5) is 12.4. The lowest BCUT2D eigenvalue weighted by Crippen LogP contribution is -2.45. The second-order valence-electron chi connectivity index (χ2n) is 6.05. The van der Waals surface area contributed by atoms with Gasteiger partial charge in [-0.1, -0.05) is 6.42 Å². The number of fused-ring (bicyclic) bond motifs is 2. The molecular formula is C15H15F3O3S. The average molecular weight is 332 g/mol. The molecule has 120 valence electrons. The normalized spacial score (nSPS) is 30.0. The molecule has 2 fully saturated rings. The van der Waals surface area contributed by atoms with Gasteiger partial charge in [0.15, 0.2) is 33.1 Å². The van der Waals surface area contributed by atoms with Crippen molar-refractivity contribution in [1.29, 1.82) is 0 Å². The summed E-state index contributed by atoms with van der Waals surface area (Å²) < 4.78 is 63.8. The van der Waals surface area contributed by atoms with Gasteiger partial charge in [0.25, 0.3) is 0 Å². The van der Waals surface area contributed by atoms with E-state index < -0.39 is 49.5 Å². The lowest BCUT2D eigenvalue weighted by atomic mass is 9.84. The quantitative estimate of drug-likeness (QED) is 0.618. The van der Waals surface area contributed by atoms with E-state index in [1.807, 2.05) is 0 Å². The van der Waals surface area contributed by atoms with E-state index in [4.69, 9.17) is 0 Å². The smallest absolute Gasteiger partial charge is 0.194 e. The van der Waals surface area contributed by atoms with Gasteiger partial charge in [-0.05, 0) is 37.8 Å². The molecular weight excluding hydrogens is 317 g/mol. The predicted octanol–water partition coefficient (Wildman–Crippen LogP) is 3.03. The molecule has 2 aliphatic heterocycles. The summed E-state index contributed by atoms with van der Waals surface area (Å²) in [6, 6.07) is 1.36. The minimum atomic E-state index is -3.20. The van der Waals surface area contributed by atoms with E-state index in [2.05, 4.69) is 0 Å². The standard InChI is InChI=1S/C15H15F3O3S/c16-12-6-9(7-13(17)14(12)18)15(19)8-4-10-2-1-3-11(5-8)22(10,20)21/h6-8,10-11H,1-5H2. The van der Waals surface area contributed by atoms with Crippen LogP contribution >= 0.6 is 0 Å². The van der Waals surface area contributed by atoms with E-state index >= 15 is 0 Å². The highest BCUT2D eigenvalue weighted by atomic mass is 32.2. The van der Waals surface area contributed by atoms with E-state index in [0.29, 0.717) is 25.0 Å². The summed E-state index contributed by atoms with van der Waals surface area (Å²) in [5, 5.41) is -1.10. The molecule has 3 rings (SSSR count). The number of rotatable bonds is 2. The van der Waals surface area contributed by atoms with Gasteiger partial charge in [-0.25, -0.2) is 21.6 Å². The van der Waals surface area contributed by atoms with Gasteiger partial charge in [0.1, 0.15) is 0 Å². The molecule has 7 heteroatoms. The zero-order valence-electron chi connectivity index (χ0n) is 11.7. The first kappa shape index (κ1) is 15.5. The van der Waals surface area contributed by atoms with Crippen molar-refractivity contribution in [3.63, 3.8) is 0 Å². The summed E-state index contributed by atoms with van der Waals surface area (Å²) in [5.74, 6) is -5.52. The molecule has 2 aliphatic rings. The lowest BCUT2D eigenvalue weighted by molar-refractivity contribution is 0.0893. The molecule has 2 unspecified atom stereocenters. The van der Waals surface area contributed by atoms with Crippen LogP contribution in [-0.2, 0) is 9.84 Å². The molecule has 0 aromatic heterocycles. The Morgan fingerprint density at radius 1 is 1.00 bits per heavy atom. The first-order valence-corrected chi connectivity index (χ1v) is 8.83. The van der Waals surface area contributed by atoms with E-state index in [0.717, 1.165) is 6.42 Å². The van der Waals surface area contributed by atoms with Crippen molar-refractivity contribution >= 4 is 15.6 Å².